The van der Waals surface area contributed by atoms with Crippen molar-refractivity contribution in [2.45, 2.75) is 31.1 Å². The Labute approximate surface area is 154 Å². The number of hydrogen-bond donors (Lipinski definition) is 2. The molecule has 1 fully saturated rings. The van der Waals surface area contributed by atoms with Crippen LogP contribution in [0.4, 0.5) is 0 Å². The standard InChI is InChI=1S/C20H26N4S/c1-20(10-6-12-25-20)15-24-19(21-2)23-14-16-7-5-8-17(13-16)18-9-3-4-11-22-18/h3-5,7-9,11,13H,6,10,12,14-15H2,1-2H3,(H2,21,23,24). The first-order valence-electron chi connectivity index (χ1n) is 8.77. The number of thioether (sulfide) groups is 1. The van der Waals surface area contributed by atoms with Gasteiger partial charge in [-0.2, -0.15) is 11.8 Å². The monoisotopic (exact) mass is 354 g/mol. The second-order valence-electron chi connectivity index (χ2n) is 6.60. The molecule has 0 radical (unpaired) electrons. The first-order chi connectivity index (χ1) is 12.2. The lowest BCUT2D eigenvalue weighted by molar-refractivity contribution is 0.584. The molecule has 1 aliphatic heterocycles. The van der Waals surface area contributed by atoms with E-state index in [1.165, 1.54) is 24.2 Å². The van der Waals surface area contributed by atoms with Crippen LogP contribution in [0.25, 0.3) is 11.3 Å². The summed E-state index contributed by atoms with van der Waals surface area (Å²) in [6, 6.07) is 14.5. The minimum absolute atomic E-state index is 0.330. The third-order valence-electron chi connectivity index (χ3n) is 4.50. The average Bonchev–Trinajstić information content (AvgIpc) is 3.10. The number of rotatable bonds is 5. The van der Waals surface area contributed by atoms with E-state index in [0.29, 0.717) is 4.75 Å². The maximum Gasteiger partial charge on any atom is 0.191 e. The molecule has 1 aromatic carbocycles. The largest absolute Gasteiger partial charge is 0.355 e. The summed E-state index contributed by atoms with van der Waals surface area (Å²) in [4.78, 5) is 8.77. The molecule has 1 atom stereocenters. The van der Waals surface area contributed by atoms with Gasteiger partial charge in [-0.25, -0.2) is 0 Å². The summed E-state index contributed by atoms with van der Waals surface area (Å²) in [5.74, 6) is 2.13. The van der Waals surface area contributed by atoms with Crippen LogP contribution in [0.1, 0.15) is 25.3 Å². The highest BCUT2D eigenvalue weighted by Crippen LogP contribution is 2.36. The van der Waals surface area contributed by atoms with Gasteiger partial charge in [0.1, 0.15) is 0 Å². The summed E-state index contributed by atoms with van der Waals surface area (Å²) in [6.45, 7) is 4.02. The van der Waals surface area contributed by atoms with Crippen LogP contribution in [0, 0.1) is 0 Å². The van der Waals surface area contributed by atoms with E-state index in [9.17, 15) is 0 Å². The molecule has 1 unspecified atom stereocenters. The van der Waals surface area contributed by atoms with Crippen molar-refractivity contribution in [1.29, 1.82) is 0 Å². The van der Waals surface area contributed by atoms with E-state index in [1.807, 2.05) is 31.4 Å². The molecule has 1 aliphatic rings. The van der Waals surface area contributed by atoms with Gasteiger partial charge in [-0.05, 0) is 49.3 Å². The lowest BCUT2D eigenvalue weighted by Gasteiger charge is -2.24. The molecular weight excluding hydrogens is 328 g/mol. The van der Waals surface area contributed by atoms with Crippen molar-refractivity contribution in [3.8, 4) is 11.3 Å². The van der Waals surface area contributed by atoms with E-state index in [4.69, 9.17) is 0 Å². The van der Waals surface area contributed by atoms with Crippen molar-refractivity contribution in [3.63, 3.8) is 0 Å². The Morgan fingerprint density at radius 1 is 1.24 bits per heavy atom. The predicted molar refractivity (Wildman–Crippen MR) is 108 cm³/mol. The first kappa shape index (κ1) is 17.8. The van der Waals surface area contributed by atoms with Crippen molar-refractivity contribution in [2.75, 3.05) is 19.3 Å². The third kappa shape index (κ3) is 4.98. The van der Waals surface area contributed by atoms with Gasteiger partial charge in [0.25, 0.3) is 0 Å². The van der Waals surface area contributed by atoms with Crippen LogP contribution in [-0.2, 0) is 6.54 Å². The van der Waals surface area contributed by atoms with Crippen molar-refractivity contribution in [2.24, 2.45) is 4.99 Å². The Kier molecular flexibility index (Phi) is 5.97. The van der Waals surface area contributed by atoms with E-state index in [2.05, 4.69) is 63.6 Å². The summed E-state index contributed by atoms with van der Waals surface area (Å²) >= 11 is 2.06. The van der Waals surface area contributed by atoms with Gasteiger partial charge in [0, 0.05) is 36.6 Å². The molecule has 0 bridgehead atoms. The predicted octanol–water partition coefficient (Wildman–Crippen LogP) is 3.70. The third-order valence-corrected chi connectivity index (χ3v) is 6.04. The van der Waals surface area contributed by atoms with Gasteiger partial charge in [-0.3, -0.25) is 9.98 Å². The van der Waals surface area contributed by atoms with Crippen LogP contribution in [0.3, 0.4) is 0 Å². The number of hydrogen-bond acceptors (Lipinski definition) is 3. The SMILES string of the molecule is CN=C(NCc1cccc(-c2ccccn2)c1)NCC1(C)CCCS1. The molecular formula is C20H26N4S. The van der Waals surface area contributed by atoms with Gasteiger partial charge in [-0.15, -0.1) is 0 Å². The molecule has 5 heteroatoms. The minimum Gasteiger partial charge on any atom is -0.355 e. The van der Waals surface area contributed by atoms with E-state index in [0.717, 1.165) is 30.3 Å². The summed E-state index contributed by atoms with van der Waals surface area (Å²) in [5.41, 5.74) is 3.35. The Bertz CT molecular complexity index is 709. The number of guanidine groups is 1. The van der Waals surface area contributed by atoms with Crippen LogP contribution < -0.4 is 10.6 Å². The zero-order valence-corrected chi connectivity index (χ0v) is 15.8. The van der Waals surface area contributed by atoms with E-state index < -0.39 is 0 Å². The lowest BCUT2D eigenvalue weighted by atomic mass is 10.1. The fourth-order valence-electron chi connectivity index (χ4n) is 3.03. The smallest absolute Gasteiger partial charge is 0.191 e. The highest BCUT2D eigenvalue weighted by molar-refractivity contribution is 8.00. The molecule has 0 saturated carbocycles. The number of nitrogens with one attached hydrogen (secondary N) is 2. The molecule has 2 N–H and O–H groups in total. The van der Waals surface area contributed by atoms with Crippen LogP contribution in [0.5, 0.6) is 0 Å². The topological polar surface area (TPSA) is 49.3 Å². The van der Waals surface area contributed by atoms with E-state index in [-0.39, 0.29) is 0 Å². The van der Waals surface area contributed by atoms with Gasteiger partial charge in [0.05, 0.1) is 5.69 Å². The van der Waals surface area contributed by atoms with Crippen molar-refractivity contribution in [1.82, 2.24) is 15.6 Å². The van der Waals surface area contributed by atoms with Crippen molar-refractivity contribution < 1.29 is 0 Å². The minimum atomic E-state index is 0.330. The van der Waals surface area contributed by atoms with E-state index >= 15 is 0 Å². The van der Waals surface area contributed by atoms with Crippen LogP contribution in [0.15, 0.2) is 53.7 Å². The molecule has 2 heterocycles. The molecule has 2 aromatic rings. The highest BCUT2D eigenvalue weighted by atomic mass is 32.2. The Hall–Kier alpha value is -2.01. The van der Waals surface area contributed by atoms with E-state index in [1.54, 1.807) is 0 Å². The van der Waals surface area contributed by atoms with Crippen LogP contribution in [-0.4, -0.2) is 35.0 Å². The Morgan fingerprint density at radius 2 is 2.16 bits per heavy atom. The number of aliphatic imine (C=N–C) groups is 1. The van der Waals surface area contributed by atoms with Gasteiger partial charge in [0.15, 0.2) is 5.96 Å². The number of aromatic nitrogens is 1. The van der Waals surface area contributed by atoms with Crippen molar-refractivity contribution >= 4 is 17.7 Å². The summed E-state index contributed by atoms with van der Waals surface area (Å²) in [5, 5.41) is 6.89. The van der Waals surface area contributed by atoms with Gasteiger partial charge in [-0.1, -0.05) is 24.3 Å². The molecule has 1 saturated heterocycles. The maximum atomic E-state index is 4.42. The quantitative estimate of drug-likeness (QED) is 0.635. The van der Waals surface area contributed by atoms with Crippen molar-refractivity contribution in [3.05, 3.63) is 54.2 Å². The first-order valence-corrected chi connectivity index (χ1v) is 9.76. The summed E-state index contributed by atoms with van der Waals surface area (Å²) in [6.07, 6.45) is 4.41. The van der Waals surface area contributed by atoms with Crippen LogP contribution >= 0.6 is 11.8 Å². The summed E-state index contributed by atoms with van der Waals surface area (Å²) < 4.78 is 0.330. The number of pyridine rings is 1. The van der Waals surface area contributed by atoms with Gasteiger partial charge < -0.3 is 10.6 Å². The molecule has 0 spiro atoms. The second-order valence-corrected chi connectivity index (χ2v) is 8.28. The normalized spacial score (nSPS) is 20.5. The van der Waals surface area contributed by atoms with Gasteiger partial charge >= 0.3 is 0 Å². The average molecular weight is 355 g/mol. The molecule has 0 amide bonds. The molecule has 0 aliphatic carbocycles. The lowest BCUT2D eigenvalue weighted by Crippen LogP contribution is -2.43. The summed E-state index contributed by atoms with van der Waals surface area (Å²) in [7, 11) is 1.82. The van der Waals surface area contributed by atoms with Crippen LogP contribution in [0.2, 0.25) is 0 Å². The highest BCUT2D eigenvalue weighted by Gasteiger charge is 2.29. The fourth-order valence-corrected chi connectivity index (χ4v) is 4.27. The molecule has 3 rings (SSSR count). The number of benzene rings is 1. The zero-order chi connectivity index (χ0) is 17.5. The zero-order valence-electron chi connectivity index (χ0n) is 15.0. The molecule has 4 nitrogen and oxygen atoms in total. The fraction of sp³-hybridized carbons (Fsp3) is 0.400. The molecule has 1 aromatic heterocycles. The Morgan fingerprint density at radius 3 is 2.88 bits per heavy atom. The Balaban J connectivity index is 1.57. The second kappa shape index (κ2) is 8.39. The molecule has 25 heavy (non-hydrogen) atoms. The maximum absolute atomic E-state index is 4.42. The van der Waals surface area contributed by atoms with Gasteiger partial charge in [0.2, 0.25) is 0 Å². The number of nitrogens with zero attached hydrogens (tertiary/aromatic N) is 2. The molecule has 132 valence electrons.